The van der Waals surface area contributed by atoms with E-state index in [1.807, 2.05) is 11.9 Å². The van der Waals surface area contributed by atoms with Gasteiger partial charge in [-0.25, -0.2) is 8.42 Å². The fraction of sp³-hybridized carbons (Fsp3) is 0.571. The van der Waals surface area contributed by atoms with Crippen LogP contribution in [0.2, 0.25) is 0 Å². The molecule has 0 fully saturated rings. The van der Waals surface area contributed by atoms with Crippen molar-refractivity contribution in [3.63, 3.8) is 0 Å². The Labute approximate surface area is 125 Å². The van der Waals surface area contributed by atoms with Crippen LogP contribution in [0.5, 0.6) is 0 Å². The molecule has 0 saturated carbocycles. The molecule has 0 amide bonds. The van der Waals surface area contributed by atoms with Crippen molar-refractivity contribution < 1.29 is 17.2 Å². The molecule has 0 spiro atoms. The maximum Gasteiger partial charge on any atom is 0.341 e. The van der Waals surface area contributed by atoms with Crippen molar-refractivity contribution in [1.82, 2.24) is 5.32 Å². The zero-order chi connectivity index (χ0) is 16.3. The van der Waals surface area contributed by atoms with E-state index in [1.165, 1.54) is 24.3 Å². The molecule has 120 valence electrons. The van der Waals surface area contributed by atoms with Crippen molar-refractivity contribution in [3.05, 3.63) is 24.3 Å². The quantitative estimate of drug-likeness (QED) is 0.875. The number of rotatable bonds is 6. The molecule has 1 aromatic carbocycles. The van der Waals surface area contributed by atoms with Gasteiger partial charge in [0.2, 0.25) is 9.84 Å². The van der Waals surface area contributed by atoms with E-state index >= 15 is 0 Å². The average Bonchev–Trinajstić information content (AvgIpc) is 2.37. The summed E-state index contributed by atoms with van der Waals surface area (Å²) < 4.78 is 47.5. The molecule has 1 N–H and O–H groups in total. The van der Waals surface area contributed by atoms with Crippen LogP contribution in [-0.2, 0) is 9.84 Å². The third-order valence-electron chi connectivity index (χ3n) is 2.94. The Morgan fingerprint density at radius 3 is 2.14 bits per heavy atom. The summed E-state index contributed by atoms with van der Waals surface area (Å²) in [5.74, 6) is -3.39. The lowest BCUT2D eigenvalue weighted by atomic mass is 10.1. The van der Waals surface area contributed by atoms with Crippen LogP contribution < -0.4 is 10.2 Å². The van der Waals surface area contributed by atoms with Gasteiger partial charge in [0.15, 0.2) is 0 Å². The van der Waals surface area contributed by atoms with Gasteiger partial charge >= 0.3 is 5.76 Å². The number of sulfone groups is 1. The molecule has 1 aromatic rings. The van der Waals surface area contributed by atoms with Crippen molar-refractivity contribution in [1.29, 1.82) is 0 Å². The zero-order valence-electron chi connectivity index (χ0n) is 12.7. The topological polar surface area (TPSA) is 49.4 Å². The molecular formula is C14H22F2N2O2S. The molecule has 0 aliphatic carbocycles. The Bertz CT molecular complexity index is 551. The number of nitrogens with zero attached hydrogens (tertiary/aromatic N) is 1. The van der Waals surface area contributed by atoms with Crippen LogP contribution in [0.1, 0.15) is 20.8 Å². The molecule has 0 aliphatic heterocycles. The van der Waals surface area contributed by atoms with Gasteiger partial charge < -0.3 is 10.2 Å². The van der Waals surface area contributed by atoms with Gasteiger partial charge in [0.05, 0.1) is 4.90 Å². The first kappa shape index (κ1) is 17.8. The first-order valence-corrected chi connectivity index (χ1v) is 8.17. The van der Waals surface area contributed by atoms with Crippen molar-refractivity contribution in [2.24, 2.45) is 0 Å². The number of alkyl halides is 2. The molecule has 1 rings (SSSR count). The molecule has 0 atom stereocenters. The summed E-state index contributed by atoms with van der Waals surface area (Å²) in [6.45, 7) is 7.68. The van der Waals surface area contributed by atoms with Crippen molar-refractivity contribution in [2.75, 3.05) is 25.0 Å². The Morgan fingerprint density at radius 1 is 1.19 bits per heavy atom. The summed E-state index contributed by atoms with van der Waals surface area (Å²) in [6, 6.07) is 5.49. The van der Waals surface area contributed by atoms with E-state index in [1.54, 1.807) is 0 Å². The third kappa shape index (κ3) is 5.24. The number of benzene rings is 1. The molecule has 0 saturated heterocycles. The summed E-state index contributed by atoms with van der Waals surface area (Å²) in [4.78, 5) is 1.57. The number of hydrogen-bond acceptors (Lipinski definition) is 4. The second-order valence-corrected chi connectivity index (χ2v) is 7.82. The summed E-state index contributed by atoms with van der Waals surface area (Å²) in [6.07, 6.45) is 0. The molecule has 0 heterocycles. The molecule has 0 bridgehead atoms. The normalized spacial score (nSPS) is 12.7. The molecule has 7 heteroatoms. The first-order chi connectivity index (χ1) is 9.54. The summed E-state index contributed by atoms with van der Waals surface area (Å²) in [5.41, 5.74) is 0.801. The number of nitrogens with one attached hydrogen (secondary N) is 1. The van der Waals surface area contributed by atoms with Crippen LogP contribution in [0.15, 0.2) is 29.2 Å². The van der Waals surface area contributed by atoms with Gasteiger partial charge in [-0.3, -0.25) is 0 Å². The maximum absolute atomic E-state index is 12.4. The summed E-state index contributed by atoms with van der Waals surface area (Å²) in [5, 5.41) is 3.34. The number of halogens is 2. The van der Waals surface area contributed by atoms with E-state index in [0.29, 0.717) is 0 Å². The van der Waals surface area contributed by atoms with Crippen LogP contribution in [0, 0.1) is 0 Å². The van der Waals surface area contributed by atoms with E-state index < -0.39 is 15.6 Å². The summed E-state index contributed by atoms with van der Waals surface area (Å²) >= 11 is 0. The Morgan fingerprint density at radius 2 is 1.71 bits per heavy atom. The van der Waals surface area contributed by atoms with Gasteiger partial charge in [-0.15, -0.1) is 0 Å². The van der Waals surface area contributed by atoms with Gasteiger partial charge in [-0.1, -0.05) is 0 Å². The molecule has 0 aliphatic rings. The first-order valence-electron chi connectivity index (χ1n) is 6.62. The smallest absolute Gasteiger partial charge is 0.341 e. The van der Waals surface area contributed by atoms with E-state index in [4.69, 9.17) is 0 Å². The number of likely N-dealkylation sites (N-methyl/N-ethyl adjacent to an activating group) is 1. The van der Waals surface area contributed by atoms with E-state index in [9.17, 15) is 17.2 Å². The molecule has 4 nitrogen and oxygen atoms in total. The standard InChI is InChI=1S/C14H22F2N2O2S/c1-14(2,3)17-9-10-18(4)11-5-7-12(8-6-11)21(19,20)13(15)16/h5-8,13,17H,9-10H2,1-4H3. The van der Waals surface area contributed by atoms with Crippen LogP contribution >= 0.6 is 0 Å². The molecule has 21 heavy (non-hydrogen) atoms. The average molecular weight is 320 g/mol. The Kier molecular flexibility index (Phi) is 5.69. The van der Waals surface area contributed by atoms with Gasteiger partial charge in [0.1, 0.15) is 0 Å². The lowest BCUT2D eigenvalue weighted by Gasteiger charge is -2.24. The SMILES string of the molecule is CN(CCNC(C)(C)C)c1ccc(S(=O)(=O)C(F)F)cc1. The van der Waals surface area contributed by atoms with Crippen LogP contribution in [0.25, 0.3) is 0 Å². The fourth-order valence-electron chi connectivity index (χ4n) is 1.72. The minimum Gasteiger partial charge on any atom is -0.373 e. The van der Waals surface area contributed by atoms with Gasteiger partial charge in [0.25, 0.3) is 0 Å². The highest BCUT2D eigenvalue weighted by atomic mass is 32.2. The molecule has 0 radical (unpaired) electrons. The van der Waals surface area contributed by atoms with E-state index in [2.05, 4.69) is 26.1 Å². The van der Waals surface area contributed by atoms with Crippen LogP contribution in [-0.4, -0.2) is 39.9 Å². The lowest BCUT2D eigenvalue weighted by molar-refractivity contribution is 0.234. The van der Waals surface area contributed by atoms with Crippen molar-refractivity contribution in [3.8, 4) is 0 Å². The predicted octanol–water partition coefficient (Wildman–Crippen LogP) is 2.51. The van der Waals surface area contributed by atoms with Crippen LogP contribution in [0.3, 0.4) is 0 Å². The Hall–Kier alpha value is -1.21. The third-order valence-corrected chi connectivity index (χ3v) is 4.34. The molecular weight excluding hydrogens is 298 g/mol. The van der Waals surface area contributed by atoms with Gasteiger partial charge in [-0.2, -0.15) is 8.78 Å². The maximum atomic E-state index is 12.4. The fourth-order valence-corrected chi connectivity index (χ4v) is 2.44. The second kappa shape index (κ2) is 6.70. The molecule has 0 unspecified atom stereocenters. The summed E-state index contributed by atoms with van der Waals surface area (Å²) in [7, 11) is -2.66. The molecule has 0 aromatic heterocycles. The highest BCUT2D eigenvalue weighted by molar-refractivity contribution is 7.91. The largest absolute Gasteiger partial charge is 0.373 e. The van der Waals surface area contributed by atoms with E-state index in [0.717, 1.165) is 18.8 Å². The minimum absolute atomic E-state index is 0.0238. The lowest BCUT2D eigenvalue weighted by Crippen LogP contribution is -2.40. The highest BCUT2D eigenvalue weighted by Crippen LogP contribution is 2.21. The highest BCUT2D eigenvalue weighted by Gasteiger charge is 2.26. The van der Waals surface area contributed by atoms with Gasteiger partial charge in [0, 0.05) is 31.4 Å². The second-order valence-electron chi connectivity index (χ2n) is 5.90. The van der Waals surface area contributed by atoms with Crippen molar-refractivity contribution in [2.45, 2.75) is 37.0 Å². The van der Waals surface area contributed by atoms with Crippen LogP contribution in [0.4, 0.5) is 14.5 Å². The Balaban J connectivity index is 2.70. The predicted molar refractivity (Wildman–Crippen MR) is 80.7 cm³/mol. The number of anilines is 1. The van der Waals surface area contributed by atoms with E-state index in [-0.39, 0.29) is 10.4 Å². The monoisotopic (exact) mass is 320 g/mol. The zero-order valence-corrected chi connectivity index (χ0v) is 13.5. The van der Waals surface area contributed by atoms with Gasteiger partial charge in [-0.05, 0) is 45.0 Å². The minimum atomic E-state index is -4.52. The number of hydrogen-bond donors (Lipinski definition) is 1. The van der Waals surface area contributed by atoms with Crippen molar-refractivity contribution >= 4 is 15.5 Å².